The Kier molecular flexibility index (Phi) is 2.67. The van der Waals surface area contributed by atoms with Crippen LogP contribution in [-0.2, 0) is 0 Å². The Morgan fingerprint density at radius 1 is 1.23 bits per heavy atom. The average molecular weight is 187 g/mol. The standard InChI is InChI=1S/C8H11F2N3/c1-13(2)12-8-6(9)3-5(11)4-7(8)10/h3-4,12H,11H2,1-2H3. The molecule has 0 aliphatic carbocycles. The van der Waals surface area contributed by atoms with Gasteiger partial charge in [-0.2, -0.15) is 0 Å². The van der Waals surface area contributed by atoms with Gasteiger partial charge in [-0.3, -0.25) is 0 Å². The van der Waals surface area contributed by atoms with Gasteiger partial charge in [-0.05, 0) is 12.1 Å². The zero-order valence-electron chi connectivity index (χ0n) is 7.44. The maximum Gasteiger partial charge on any atom is 0.152 e. The van der Waals surface area contributed by atoms with Crippen LogP contribution in [0.25, 0.3) is 0 Å². The predicted octanol–water partition coefficient (Wildman–Crippen LogP) is 1.44. The number of nitrogens with one attached hydrogen (secondary N) is 1. The summed E-state index contributed by atoms with van der Waals surface area (Å²) < 4.78 is 26.1. The molecular weight excluding hydrogens is 176 g/mol. The smallest absolute Gasteiger partial charge is 0.152 e. The van der Waals surface area contributed by atoms with E-state index in [1.165, 1.54) is 5.01 Å². The van der Waals surface area contributed by atoms with E-state index >= 15 is 0 Å². The second-order valence-corrected chi connectivity index (χ2v) is 2.87. The van der Waals surface area contributed by atoms with Gasteiger partial charge in [0.25, 0.3) is 0 Å². The summed E-state index contributed by atoms with van der Waals surface area (Å²) in [4.78, 5) is 0. The first-order valence-electron chi connectivity index (χ1n) is 3.69. The Hall–Kier alpha value is -1.36. The molecule has 0 aliphatic rings. The third-order valence-corrected chi connectivity index (χ3v) is 1.40. The van der Waals surface area contributed by atoms with Crippen molar-refractivity contribution in [3.05, 3.63) is 23.8 Å². The molecule has 1 aromatic rings. The molecule has 3 nitrogen and oxygen atoms in total. The topological polar surface area (TPSA) is 41.3 Å². The number of hydrogen-bond donors (Lipinski definition) is 2. The largest absolute Gasteiger partial charge is 0.399 e. The van der Waals surface area contributed by atoms with E-state index in [0.717, 1.165) is 12.1 Å². The minimum atomic E-state index is -0.703. The van der Waals surface area contributed by atoms with Crippen LogP contribution in [0.15, 0.2) is 12.1 Å². The van der Waals surface area contributed by atoms with E-state index in [0.29, 0.717) is 0 Å². The summed E-state index contributed by atoms with van der Waals surface area (Å²) in [6, 6.07) is 2.13. The lowest BCUT2D eigenvalue weighted by Crippen LogP contribution is -2.21. The maximum absolute atomic E-state index is 13.1. The van der Waals surface area contributed by atoms with Gasteiger partial charge in [0, 0.05) is 19.8 Å². The summed E-state index contributed by atoms with van der Waals surface area (Å²) in [5, 5.41) is 1.44. The van der Waals surface area contributed by atoms with Crippen LogP contribution in [0, 0.1) is 11.6 Å². The molecule has 0 fully saturated rings. The zero-order chi connectivity index (χ0) is 10.0. The van der Waals surface area contributed by atoms with Crippen molar-refractivity contribution < 1.29 is 8.78 Å². The number of nitrogen functional groups attached to an aromatic ring is 1. The Balaban J connectivity index is 3.06. The second-order valence-electron chi connectivity index (χ2n) is 2.87. The summed E-state index contributed by atoms with van der Waals surface area (Å²) >= 11 is 0. The summed E-state index contributed by atoms with van der Waals surface area (Å²) in [7, 11) is 3.27. The molecule has 0 aromatic heterocycles. The molecular formula is C8H11F2N3. The van der Waals surface area contributed by atoms with E-state index in [1.807, 2.05) is 0 Å². The molecule has 72 valence electrons. The molecule has 1 aromatic carbocycles. The third-order valence-electron chi connectivity index (χ3n) is 1.40. The summed E-state index contributed by atoms with van der Waals surface area (Å²) in [5.74, 6) is -1.41. The van der Waals surface area contributed by atoms with Gasteiger partial charge in [0.05, 0.1) is 0 Å². The Morgan fingerprint density at radius 2 is 1.69 bits per heavy atom. The number of rotatable bonds is 2. The van der Waals surface area contributed by atoms with E-state index in [4.69, 9.17) is 5.73 Å². The predicted molar refractivity (Wildman–Crippen MR) is 48.1 cm³/mol. The molecule has 0 unspecified atom stereocenters. The molecule has 5 heteroatoms. The number of halogens is 2. The van der Waals surface area contributed by atoms with Gasteiger partial charge in [0.1, 0.15) is 5.69 Å². The van der Waals surface area contributed by atoms with Crippen LogP contribution < -0.4 is 11.2 Å². The third kappa shape index (κ3) is 2.29. The minimum Gasteiger partial charge on any atom is -0.399 e. The van der Waals surface area contributed by atoms with Crippen LogP contribution in [0.2, 0.25) is 0 Å². The fourth-order valence-electron chi connectivity index (χ4n) is 0.923. The van der Waals surface area contributed by atoms with Gasteiger partial charge >= 0.3 is 0 Å². The first-order chi connectivity index (χ1) is 6.00. The minimum absolute atomic E-state index is 0.0688. The lowest BCUT2D eigenvalue weighted by Gasteiger charge is -2.14. The van der Waals surface area contributed by atoms with Gasteiger partial charge in [0.15, 0.2) is 11.6 Å². The number of benzene rings is 1. The Morgan fingerprint density at radius 3 is 2.08 bits per heavy atom. The van der Waals surface area contributed by atoms with Crippen molar-refractivity contribution in [1.82, 2.24) is 5.01 Å². The SMILES string of the molecule is CN(C)Nc1c(F)cc(N)cc1F. The average Bonchev–Trinajstić information content (AvgIpc) is 1.96. The summed E-state index contributed by atoms with van der Waals surface area (Å²) in [6.07, 6.45) is 0. The van der Waals surface area contributed by atoms with Gasteiger partial charge in [-0.1, -0.05) is 0 Å². The quantitative estimate of drug-likeness (QED) is 0.543. The van der Waals surface area contributed by atoms with Crippen molar-refractivity contribution in [2.75, 3.05) is 25.3 Å². The molecule has 0 atom stereocenters. The molecule has 13 heavy (non-hydrogen) atoms. The monoisotopic (exact) mass is 187 g/mol. The fourth-order valence-corrected chi connectivity index (χ4v) is 0.923. The van der Waals surface area contributed by atoms with Gasteiger partial charge in [-0.15, -0.1) is 0 Å². The normalized spacial score (nSPS) is 10.5. The number of hydrogen-bond acceptors (Lipinski definition) is 3. The second kappa shape index (κ2) is 3.57. The lowest BCUT2D eigenvalue weighted by molar-refractivity contribution is 0.476. The molecule has 1 rings (SSSR count). The van der Waals surface area contributed by atoms with Gasteiger partial charge in [-0.25, -0.2) is 13.8 Å². The van der Waals surface area contributed by atoms with E-state index in [1.54, 1.807) is 14.1 Å². The number of hydrazine groups is 1. The number of nitrogens with two attached hydrogens (primary N) is 1. The van der Waals surface area contributed by atoms with E-state index in [-0.39, 0.29) is 11.4 Å². The van der Waals surface area contributed by atoms with Gasteiger partial charge in [0.2, 0.25) is 0 Å². The summed E-state index contributed by atoms with van der Waals surface area (Å²) in [6.45, 7) is 0. The molecule has 0 heterocycles. The first-order valence-corrected chi connectivity index (χ1v) is 3.69. The lowest BCUT2D eigenvalue weighted by atomic mass is 10.2. The fraction of sp³-hybridized carbons (Fsp3) is 0.250. The van der Waals surface area contributed by atoms with Crippen molar-refractivity contribution in [2.45, 2.75) is 0 Å². The highest BCUT2D eigenvalue weighted by atomic mass is 19.1. The van der Waals surface area contributed by atoms with Crippen LogP contribution in [-0.4, -0.2) is 19.1 Å². The van der Waals surface area contributed by atoms with Gasteiger partial charge < -0.3 is 11.2 Å². The molecule has 0 saturated carbocycles. The Labute approximate surface area is 75.1 Å². The molecule has 3 N–H and O–H groups in total. The van der Waals surface area contributed by atoms with E-state index in [2.05, 4.69) is 5.43 Å². The maximum atomic E-state index is 13.1. The Bertz CT molecular complexity index is 289. The van der Waals surface area contributed by atoms with Crippen LogP contribution in [0.3, 0.4) is 0 Å². The van der Waals surface area contributed by atoms with Crippen LogP contribution in [0.4, 0.5) is 20.2 Å². The molecule has 0 amide bonds. The molecule has 0 saturated heterocycles. The van der Waals surface area contributed by atoms with Crippen LogP contribution >= 0.6 is 0 Å². The van der Waals surface area contributed by atoms with Crippen molar-refractivity contribution in [3.8, 4) is 0 Å². The number of anilines is 2. The molecule has 0 bridgehead atoms. The van der Waals surface area contributed by atoms with Crippen molar-refractivity contribution in [3.63, 3.8) is 0 Å². The van der Waals surface area contributed by atoms with E-state index in [9.17, 15) is 8.78 Å². The first kappa shape index (κ1) is 9.73. The van der Waals surface area contributed by atoms with E-state index < -0.39 is 11.6 Å². The molecule has 0 spiro atoms. The summed E-state index contributed by atoms with van der Waals surface area (Å²) in [5.41, 5.74) is 7.61. The molecule has 0 aliphatic heterocycles. The molecule has 0 radical (unpaired) electrons. The van der Waals surface area contributed by atoms with Crippen molar-refractivity contribution >= 4 is 11.4 Å². The van der Waals surface area contributed by atoms with Crippen molar-refractivity contribution in [1.29, 1.82) is 0 Å². The van der Waals surface area contributed by atoms with Crippen LogP contribution in [0.5, 0.6) is 0 Å². The van der Waals surface area contributed by atoms with Crippen LogP contribution in [0.1, 0.15) is 0 Å². The highest BCUT2D eigenvalue weighted by molar-refractivity contribution is 5.53. The zero-order valence-corrected chi connectivity index (χ0v) is 7.44. The highest BCUT2D eigenvalue weighted by Gasteiger charge is 2.09. The van der Waals surface area contributed by atoms with Crippen molar-refractivity contribution in [2.24, 2.45) is 0 Å². The number of nitrogens with zero attached hydrogens (tertiary/aromatic N) is 1. The highest BCUT2D eigenvalue weighted by Crippen LogP contribution is 2.21.